The molecule has 1 heterocycles. The molecule has 0 fully saturated rings. The van der Waals surface area contributed by atoms with E-state index in [9.17, 15) is 0 Å². The average molecular weight is 385 g/mol. The molecule has 1 aromatic carbocycles. The minimum atomic E-state index is -0.0233. The number of methoxy groups -OCH3 is 1. The Bertz CT molecular complexity index is 734. The zero-order valence-corrected chi connectivity index (χ0v) is 17.5. The Morgan fingerprint density at radius 3 is 2.46 bits per heavy atom. The first-order valence-corrected chi connectivity index (χ1v) is 9.68. The molecule has 0 amide bonds. The lowest BCUT2D eigenvalue weighted by Gasteiger charge is -2.23. The lowest BCUT2D eigenvalue weighted by molar-refractivity contribution is 0.223. The smallest absolute Gasteiger partial charge is 0.191 e. The van der Waals surface area contributed by atoms with Crippen molar-refractivity contribution in [1.82, 2.24) is 15.6 Å². The van der Waals surface area contributed by atoms with Crippen molar-refractivity contribution < 1.29 is 9.47 Å². The Morgan fingerprint density at radius 2 is 1.82 bits per heavy atom. The van der Waals surface area contributed by atoms with Crippen LogP contribution in [0.25, 0.3) is 0 Å². The van der Waals surface area contributed by atoms with Gasteiger partial charge in [-0.2, -0.15) is 0 Å². The van der Waals surface area contributed by atoms with E-state index in [0.717, 1.165) is 24.0 Å². The number of benzene rings is 1. The van der Waals surface area contributed by atoms with Crippen molar-refractivity contribution in [3.8, 4) is 11.5 Å². The van der Waals surface area contributed by atoms with E-state index in [2.05, 4.69) is 40.5 Å². The van der Waals surface area contributed by atoms with Crippen LogP contribution in [0.1, 0.15) is 32.3 Å². The number of hydrogen-bond donors (Lipinski definition) is 2. The maximum absolute atomic E-state index is 5.95. The first-order chi connectivity index (χ1) is 13.5. The summed E-state index contributed by atoms with van der Waals surface area (Å²) in [6, 6.07) is 11.7. The summed E-state index contributed by atoms with van der Waals surface area (Å²) in [7, 11) is 3.42. The number of aromatic nitrogens is 1. The first-order valence-electron chi connectivity index (χ1n) is 9.68. The number of aliphatic imine (C=N–C) groups is 1. The van der Waals surface area contributed by atoms with Crippen LogP contribution in [0, 0.1) is 5.92 Å². The molecule has 0 aliphatic heterocycles. The van der Waals surface area contributed by atoms with E-state index in [0.29, 0.717) is 18.4 Å². The van der Waals surface area contributed by atoms with Crippen molar-refractivity contribution in [3.05, 3.63) is 54.4 Å². The predicted octanol–water partition coefficient (Wildman–Crippen LogP) is 3.46. The van der Waals surface area contributed by atoms with Gasteiger partial charge in [-0.3, -0.25) is 9.98 Å². The number of nitrogens with one attached hydrogen (secondary N) is 2. The van der Waals surface area contributed by atoms with Crippen molar-refractivity contribution in [2.45, 2.75) is 32.8 Å². The molecular weight excluding hydrogens is 352 g/mol. The minimum absolute atomic E-state index is 0.0233. The van der Waals surface area contributed by atoms with Crippen LogP contribution in [0.4, 0.5) is 0 Å². The molecule has 2 aromatic rings. The van der Waals surface area contributed by atoms with Crippen LogP contribution >= 0.6 is 0 Å². The van der Waals surface area contributed by atoms with Gasteiger partial charge < -0.3 is 20.1 Å². The molecule has 0 aliphatic rings. The van der Waals surface area contributed by atoms with Gasteiger partial charge in [0.25, 0.3) is 0 Å². The van der Waals surface area contributed by atoms with Gasteiger partial charge in [-0.25, -0.2) is 0 Å². The van der Waals surface area contributed by atoms with Crippen LogP contribution in [-0.4, -0.2) is 44.3 Å². The summed E-state index contributed by atoms with van der Waals surface area (Å²) in [5.41, 5.74) is 1.23. The van der Waals surface area contributed by atoms with Crippen LogP contribution in [0.3, 0.4) is 0 Å². The lowest BCUT2D eigenvalue weighted by atomic mass is 9.89. The highest BCUT2D eigenvalue weighted by Gasteiger charge is 2.16. The molecular formula is C22H32N4O2. The topological polar surface area (TPSA) is 67.8 Å². The van der Waals surface area contributed by atoms with E-state index in [1.54, 1.807) is 20.4 Å². The molecule has 2 unspecified atom stereocenters. The summed E-state index contributed by atoms with van der Waals surface area (Å²) in [5, 5.41) is 6.75. The largest absolute Gasteiger partial charge is 0.497 e. The summed E-state index contributed by atoms with van der Waals surface area (Å²) in [4.78, 5) is 8.57. The number of pyridine rings is 1. The highest BCUT2D eigenvalue weighted by atomic mass is 16.5. The molecule has 152 valence electrons. The monoisotopic (exact) mass is 384 g/mol. The van der Waals surface area contributed by atoms with Gasteiger partial charge in [0, 0.05) is 38.0 Å². The van der Waals surface area contributed by atoms with Crippen LogP contribution in [0.15, 0.2) is 53.8 Å². The molecule has 2 N–H and O–H groups in total. The highest BCUT2D eigenvalue weighted by molar-refractivity contribution is 5.79. The van der Waals surface area contributed by atoms with Gasteiger partial charge in [0.05, 0.1) is 13.7 Å². The van der Waals surface area contributed by atoms with Gasteiger partial charge in [-0.15, -0.1) is 0 Å². The number of ether oxygens (including phenoxy) is 2. The van der Waals surface area contributed by atoms with Crippen LogP contribution < -0.4 is 20.1 Å². The number of rotatable bonds is 9. The lowest BCUT2D eigenvalue weighted by Crippen LogP contribution is -2.43. The third-order valence-corrected chi connectivity index (χ3v) is 4.57. The van der Waals surface area contributed by atoms with Crippen molar-refractivity contribution in [1.29, 1.82) is 0 Å². The van der Waals surface area contributed by atoms with Gasteiger partial charge in [-0.05, 0) is 36.6 Å². The molecule has 0 aliphatic carbocycles. The zero-order valence-electron chi connectivity index (χ0n) is 17.5. The quantitative estimate of drug-likeness (QED) is 0.512. The number of hydrogen-bond acceptors (Lipinski definition) is 4. The molecule has 0 spiro atoms. The summed E-state index contributed by atoms with van der Waals surface area (Å²) in [6.45, 7) is 7.88. The van der Waals surface area contributed by atoms with Crippen molar-refractivity contribution in [2.24, 2.45) is 10.9 Å². The van der Waals surface area contributed by atoms with Crippen molar-refractivity contribution >= 4 is 5.96 Å². The zero-order chi connectivity index (χ0) is 20.4. The van der Waals surface area contributed by atoms with E-state index >= 15 is 0 Å². The predicted molar refractivity (Wildman–Crippen MR) is 114 cm³/mol. The Labute approximate surface area is 168 Å². The molecule has 2 rings (SSSR count). The van der Waals surface area contributed by atoms with Crippen LogP contribution in [-0.2, 0) is 0 Å². The van der Waals surface area contributed by atoms with Gasteiger partial charge in [0.2, 0.25) is 0 Å². The molecule has 0 saturated heterocycles. The standard InChI is InChI=1S/C22H32N4O2/c1-16(2)21(18-8-7-11-24-14-18)15-26-22(23-4)25-13-17(3)28-20-10-6-9-19(12-20)27-5/h6-12,14,16-17,21H,13,15H2,1-5H3,(H2,23,25,26). The summed E-state index contributed by atoms with van der Waals surface area (Å²) in [5.74, 6) is 3.18. The molecule has 0 saturated carbocycles. The number of nitrogens with zero attached hydrogens (tertiary/aromatic N) is 2. The maximum atomic E-state index is 5.95. The second-order valence-electron chi connectivity index (χ2n) is 7.08. The molecule has 2 atom stereocenters. The minimum Gasteiger partial charge on any atom is -0.497 e. The van der Waals surface area contributed by atoms with Crippen LogP contribution in [0.5, 0.6) is 11.5 Å². The Morgan fingerprint density at radius 1 is 1.07 bits per heavy atom. The summed E-state index contributed by atoms with van der Waals surface area (Å²) >= 11 is 0. The summed E-state index contributed by atoms with van der Waals surface area (Å²) < 4.78 is 11.2. The van der Waals surface area contributed by atoms with Crippen LogP contribution in [0.2, 0.25) is 0 Å². The molecule has 6 heteroatoms. The second-order valence-corrected chi connectivity index (χ2v) is 7.08. The van der Waals surface area contributed by atoms with E-state index in [4.69, 9.17) is 9.47 Å². The molecule has 1 aromatic heterocycles. The van der Waals surface area contributed by atoms with Crippen molar-refractivity contribution in [2.75, 3.05) is 27.2 Å². The Hall–Kier alpha value is -2.76. The Balaban J connectivity index is 1.84. The highest BCUT2D eigenvalue weighted by Crippen LogP contribution is 2.22. The normalized spacial score (nSPS) is 13.7. The van der Waals surface area contributed by atoms with E-state index < -0.39 is 0 Å². The SMILES string of the molecule is CN=C(NCC(C)Oc1cccc(OC)c1)NCC(c1cccnc1)C(C)C. The third kappa shape index (κ3) is 6.76. The van der Waals surface area contributed by atoms with E-state index in [1.807, 2.05) is 43.5 Å². The second kappa shape index (κ2) is 11.2. The van der Waals surface area contributed by atoms with Crippen molar-refractivity contribution in [3.63, 3.8) is 0 Å². The molecule has 0 bridgehead atoms. The maximum Gasteiger partial charge on any atom is 0.191 e. The molecule has 0 radical (unpaired) electrons. The molecule has 6 nitrogen and oxygen atoms in total. The van der Waals surface area contributed by atoms with Gasteiger partial charge in [-0.1, -0.05) is 26.0 Å². The van der Waals surface area contributed by atoms with E-state index in [1.165, 1.54) is 5.56 Å². The summed E-state index contributed by atoms with van der Waals surface area (Å²) in [6.07, 6.45) is 3.72. The number of guanidine groups is 1. The first kappa shape index (κ1) is 21.5. The average Bonchev–Trinajstić information content (AvgIpc) is 2.71. The fraction of sp³-hybridized carbons (Fsp3) is 0.455. The third-order valence-electron chi connectivity index (χ3n) is 4.57. The fourth-order valence-corrected chi connectivity index (χ4v) is 2.95. The Kier molecular flexibility index (Phi) is 8.59. The van der Waals surface area contributed by atoms with Gasteiger partial charge in [0.1, 0.15) is 17.6 Å². The van der Waals surface area contributed by atoms with E-state index in [-0.39, 0.29) is 6.10 Å². The fourth-order valence-electron chi connectivity index (χ4n) is 2.95. The van der Waals surface area contributed by atoms with Gasteiger partial charge in [0.15, 0.2) is 5.96 Å². The molecule has 28 heavy (non-hydrogen) atoms. The van der Waals surface area contributed by atoms with Gasteiger partial charge >= 0.3 is 0 Å².